The van der Waals surface area contributed by atoms with Crippen LogP contribution in [0.25, 0.3) is 10.2 Å². The molecule has 90 valence electrons. The van der Waals surface area contributed by atoms with E-state index in [0.717, 1.165) is 15.9 Å². The maximum Gasteiger partial charge on any atom is 0.265 e. The largest absolute Gasteiger partial charge is 0.375 e. The molecule has 3 rings (SSSR count). The fraction of sp³-hybridized carbons (Fsp3) is 0. The van der Waals surface area contributed by atoms with Crippen molar-refractivity contribution < 1.29 is 4.79 Å². The third-order valence-electron chi connectivity index (χ3n) is 2.41. The minimum absolute atomic E-state index is 0.0955. The van der Waals surface area contributed by atoms with E-state index in [1.54, 1.807) is 6.07 Å². The summed E-state index contributed by atoms with van der Waals surface area (Å²) >= 11 is 2.83. The Labute approximate surface area is 111 Å². The first-order valence-corrected chi connectivity index (χ1v) is 6.93. The minimum atomic E-state index is -0.0955. The Morgan fingerprint density at radius 2 is 2.22 bits per heavy atom. The monoisotopic (exact) mass is 275 g/mol. The van der Waals surface area contributed by atoms with Crippen LogP contribution in [0.1, 0.15) is 9.67 Å². The molecular weight excluding hydrogens is 266 g/mol. The van der Waals surface area contributed by atoms with Gasteiger partial charge in [-0.05, 0) is 29.6 Å². The second-order valence-electron chi connectivity index (χ2n) is 3.67. The predicted molar refractivity (Wildman–Crippen MR) is 76.3 cm³/mol. The highest BCUT2D eigenvalue weighted by Crippen LogP contribution is 2.26. The molecule has 0 radical (unpaired) electrons. The van der Waals surface area contributed by atoms with Gasteiger partial charge in [-0.1, -0.05) is 17.4 Å². The smallest absolute Gasteiger partial charge is 0.265 e. The van der Waals surface area contributed by atoms with Crippen molar-refractivity contribution in [1.82, 2.24) is 4.98 Å². The van der Waals surface area contributed by atoms with E-state index in [1.807, 2.05) is 29.6 Å². The molecule has 3 N–H and O–H groups in total. The number of rotatable bonds is 2. The Morgan fingerprint density at radius 3 is 3.00 bits per heavy atom. The number of thiophene rings is 1. The molecule has 0 atom stereocenters. The van der Waals surface area contributed by atoms with Gasteiger partial charge in [-0.25, -0.2) is 4.98 Å². The number of hydrogen-bond donors (Lipinski definition) is 2. The van der Waals surface area contributed by atoms with E-state index >= 15 is 0 Å². The van der Waals surface area contributed by atoms with Gasteiger partial charge in [0.25, 0.3) is 5.91 Å². The predicted octanol–water partition coefficient (Wildman–Crippen LogP) is 3.19. The zero-order valence-electron chi connectivity index (χ0n) is 9.21. The van der Waals surface area contributed by atoms with Gasteiger partial charge in [0.15, 0.2) is 5.13 Å². The van der Waals surface area contributed by atoms with Crippen LogP contribution in [0, 0.1) is 0 Å². The van der Waals surface area contributed by atoms with Crippen LogP contribution in [-0.4, -0.2) is 10.9 Å². The number of amides is 1. The van der Waals surface area contributed by atoms with Crippen molar-refractivity contribution in [3.8, 4) is 0 Å². The number of fused-ring (bicyclic) bond motifs is 1. The first-order chi connectivity index (χ1) is 8.72. The highest BCUT2D eigenvalue weighted by molar-refractivity contribution is 7.22. The molecule has 2 heterocycles. The van der Waals surface area contributed by atoms with Crippen molar-refractivity contribution in [1.29, 1.82) is 0 Å². The van der Waals surface area contributed by atoms with Crippen LogP contribution in [0.5, 0.6) is 0 Å². The summed E-state index contributed by atoms with van der Waals surface area (Å²) in [6.45, 7) is 0. The molecule has 0 unspecified atom stereocenters. The van der Waals surface area contributed by atoms with Crippen molar-refractivity contribution in [3.63, 3.8) is 0 Å². The van der Waals surface area contributed by atoms with Crippen LogP contribution in [-0.2, 0) is 0 Å². The van der Waals surface area contributed by atoms with Gasteiger partial charge in [0, 0.05) is 5.69 Å². The third kappa shape index (κ3) is 2.07. The lowest BCUT2D eigenvalue weighted by Gasteiger charge is -2.02. The zero-order chi connectivity index (χ0) is 12.5. The first kappa shape index (κ1) is 11.2. The average molecular weight is 275 g/mol. The summed E-state index contributed by atoms with van der Waals surface area (Å²) in [6.07, 6.45) is 0. The number of anilines is 2. The summed E-state index contributed by atoms with van der Waals surface area (Å²) in [4.78, 5) is 16.7. The Hall–Kier alpha value is -1.92. The van der Waals surface area contributed by atoms with Crippen molar-refractivity contribution in [2.75, 3.05) is 11.1 Å². The Balaban J connectivity index is 1.88. The fourth-order valence-electron chi connectivity index (χ4n) is 1.62. The average Bonchev–Trinajstić information content (AvgIpc) is 2.95. The van der Waals surface area contributed by atoms with Gasteiger partial charge in [0.1, 0.15) is 0 Å². The standard InChI is InChI=1S/C12H9N3OS2/c13-12-15-8-4-3-7(6-10(8)18-12)14-11(16)9-2-1-5-17-9/h1-6H,(H2,13,15)(H,14,16). The van der Waals surface area contributed by atoms with Crippen molar-refractivity contribution >= 4 is 49.6 Å². The van der Waals surface area contributed by atoms with Crippen molar-refractivity contribution in [3.05, 3.63) is 40.6 Å². The maximum atomic E-state index is 11.9. The van der Waals surface area contributed by atoms with Crippen molar-refractivity contribution in [2.24, 2.45) is 0 Å². The van der Waals surface area contributed by atoms with Crippen LogP contribution < -0.4 is 11.1 Å². The van der Waals surface area contributed by atoms with Crippen LogP contribution >= 0.6 is 22.7 Å². The molecular formula is C12H9N3OS2. The molecule has 1 amide bonds. The minimum Gasteiger partial charge on any atom is -0.375 e. The normalized spacial score (nSPS) is 10.7. The summed E-state index contributed by atoms with van der Waals surface area (Å²) in [7, 11) is 0. The van der Waals surface area contributed by atoms with E-state index in [0.29, 0.717) is 10.0 Å². The Kier molecular flexibility index (Phi) is 2.73. The number of benzene rings is 1. The number of nitrogens with zero attached hydrogens (tertiary/aromatic N) is 1. The van der Waals surface area contributed by atoms with E-state index in [9.17, 15) is 4.79 Å². The Morgan fingerprint density at radius 1 is 1.33 bits per heavy atom. The number of nitrogens with two attached hydrogens (primary N) is 1. The highest BCUT2D eigenvalue weighted by Gasteiger charge is 2.08. The van der Waals surface area contributed by atoms with Crippen molar-refractivity contribution in [2.45, 2.75) is 0 Å². The molecule has 4 nitrogen and oxygen atoms in total. The summed E-state index contributed by atoms with van der Waals surface area (Å²) in [5, 5.41) is 5.27. The number of nitrogen functional groups attached to an aromatic ring is 1. The highest BCUT2D eigenvalue weighted by atomic mass is 32.1. The summed E-state index contributed by atoms with van der Waals surface area (Å²) in [5.74, 6) is -0.0955. The van der Waals surface area contributed by atoms with Crippen LogP contribution in [0.15, 0.2) is 35.7 Å². The number of nitrogens with one attached hydrogen (secondary N) is 1. The second kappa shape index (κ2) is 4.40. The third-order valence-corrected chi connectivity index (χ3v) is 4.12. The number of hydrogen-bond acceptors (Lipinski definition) is 5. The first-order valence-electron chi connectivity index (χ1n) is 5.23. The maximum absolute atomic E-state index is 11.9. The summed E-state index contributed by atoms with van der Waals surface area (Å²) < 4.78 is 0.969. The Bertz CT molecular complexity index is 703. The van der Waals surface area contributed by atoms with Gasteiger partial charge in [-0.3, -0.25) is 4.79 Å². The molecule has 0 aliphatic heterocycles. The molecule has 6 heteroatoms. The lowest BCUT2D eigenvalue weighted by atomic mass is 10.3. The van der Waals surface area contributed by atoms with Gasteiger partial charge in [0.2, 0.25) is 0 Å². The zero-order valence-corrected chi connectivity index (χ0v) is 10.8. The topological polar surface area (TPSA) is 68.0 Å². The molecule has 0 saturated carbocycles. The van der Waals surface area contributed by atoms with E-state index in [4.69, 9.17) is 5.73 Å². The van der Waals surface area contributed by atoms with Crippen LogP contribution in [0.3, 0.4) is 0 Å². The molecule has 1 aromatic carbocycles. The molecule has 0 aliphatic rings. The van der Waals surface area contributed by atoms with Gasteiger partial charge < -0.3 is 11.1 Å². The molecule has 0 fully saturated rings. The molecule has 0 saturated heterocycles. The van der Waals surface area contributed by atoms with Gasteiger partial charge in [0.05, 0.1) is 15.1 Å². The number of thiazole rings is 1. The molecule has 3 aromatic rings. The van der Waals surface area contributed by atoms with E-state index < -0.39 is 0 Å². The molecule has 0 aliphatic carbocycles. The van der Waals surface area contributed by atoms with Gasteiger partial charge in [-0.2, -0.15) is 0 Å². The van der Waals surface area contributed by atoms with E-state index in [1.165, 1.54) is 22.7 Å². The molecule has 0 bridgehead atoms. The summed E-state index contributed by atoms with van der Waals surface area (Å²) in [6, 6.07) is 9.21. The summed E-state index contributed by atoms with van der Waals surface area (Å²) in [5.41, 5.74) is 7.25. The SMILES string of the molecule is Nc1nc2ccc(NC(=O)c3cccs3)cc2s1. The van der Waals surface area contributed by atoms with Crippen LogP contribution in [0.2, 0.25) is 0 Å². The van der Waals surface area contributed by atoms with E-state index in [2.05, 4.69) is 10.3 Å². The molecule has 2 aromatic heterocycles. The lowest BCUT2D eigenvalue weighted by molar-refractivity contribution is 0.103. The molecule has 18 heavy (non-hydrogen) atoms. The lowest BCUT2D eigenvalue weighted by Crippen LogP contribution is -2.09. The number of aromatic nitrogens is 1. The number of carbonyl (C=O) groups excluding carboxylic acids is 1. The second-order valence-corrected chi connectivity index (χ2v) is 5.68. The quantitative estimate of drug-likeness (QED) is 0.754. The van der Waals surface area contributed by atoms with Gasteiger partial charge >= 0.3 is 0 Å². The number of carbonyl (C=O) groups is 1. The fourth-order valence-corrected chi connectivity index (χ4v) is 3.01. The van der Waals surface area contributed by atoms with Crippen LogP contribution in [0.4, 0.5) is 10.8 Å². The van der Waals surface area contributed by atoms with Gasteiger partial charge in [-0.15, -0.1) is 11.3 Å². The van der Waals surface area contributed by atoms with E-state index in [-0.39, 0.29) is 5.91 Å². The molecule has 0 spiro atoms.